The van der Waals surface area contributed by atoms with Gasteiger partial charge in [0.25, 0.3) is 11.6 Å². The first kappa shape index (κ1) is 26.7. The van der Waals surface area contributed by atoms with E-state index in [0.29, 0.717) is 20.6 Å². The van der Waals surface area contributed by atoms with Gasteiger partial charge in [0.1, 0.15) is 18.1 Å². The van der Waals surface area contributed by atoms with Crippen LogP contribution in [0.2, 0.25) is 0 Å². The smallest absolute Gasteiger partial charge is 0.373 e. The molecule has 38 heavy (non-hydrogen) atoms. The third-order valence-electron chi connectivity index (χ3n) is 5.42. The summed E-state index contributed by atoms with van der Waals surface area (Å²) in [5.41, 5.74) is 1.34. The number of halogens is 1. The molecule has 3 amide bonds. The fourth-order valence-corrected chi connectivity index (χ4v) is 4.32. The summed E-state index contributed by atoms with van der Waals surface area (Å²) < 4.78 is 22.0. The monoisotopic (exact) mass is 633 g/mol. The number of esters is 1. The van der Waals surface area contributed by atoms with Gasteiger partial charge in [0.2, 0.25) is 5.76 Å². The summed E-state index contributed by atoms with van der Waals surface area (Å²) in [6, 6.07) is 11.7. The summed E-state index contributed by atoms with van der Waals surface area (Å²) in [5.74, 6) is -0.193. The Morgan fingerprint density at radius 2 is 1.89 bits per heavy atom. The summed E-state index contributed by atoms with van der Waals surface area (Å²) in [7, 11) is 2.68. The molecule has 0 spiro atoms. The number of nitro benzene ring substituents is 1. The zero-order valence-corrected chi connectivity index (χ0v) is 22.2. The number of imide groups is 1. The summed E-state index contributed by atoms with van der Waals surface area (Å²) in [6.45, 7) is -0.0198. The van der Waals surface area contributed by atoms with Crippen molar-refractivity contribution >= 4 is 52.3 Å². The van der Waals surface area contributed by atoms with Crippen LogP contribution in [-0.4, -0.2) is 42.0 Å². The normalized spacial score (nSPS) is 14.0. The van der Waals surface area contributed by atoms with Gasteiger partial charge in [-0.1, -0.05) is 0 Å². The highest BCUT2D eigenvalue weighted by atomic mass is 127. The molecule has 12 nitrogen and oxygen atoms in total. The van der Waals surface area contributed by atoms with Crippen molar-refractivity contribution in [2.45, 2.75) is 13.2 Å². The molecule has 1 fully saturated rings. The van der Waals surface area contributed by atoms with Crippen LogP contribution in [0.5, 0.6) is 11.5 Å². The van der Waals surface area contributed by atoms with Crippen molar-refractivity contribution in [3.8, 4) is 11.5 Å². The van der Waals surface area contributed by atoms with Gasteiger partial charge < -0.3 is 23.9 Å². The van der Waals surface area contributed by atoms with Crippen LogP contribution >= 0.6 is 22.6 Å². The number of carbonyl (C=O) groups excluding carboxylic acids is 3. The van der Waals surface area contributed by atoms with Crippen molar-refractivity contribution in [3.05, 3.63) is 90.6 Å². The quantitative estimate of drug-likeness (QED) is 0.0911. The SMILES string of the molecule is COC(=O)c1ccc(CN2C(=O)N/C(=C\c3cc(I)c(OCc4ccc([N+](=O)[O-])cc4)c(OC)c3)C2=O)o1. The molecule has 0 radical (unpaired) electrons. The molecule has 0 unspecified atom stereocenters. The molecule has 196 valence electrons. The number of nitro groups is 1. The molecule has 0 saturated carbocycles. The van der Waals surface area contributed by atoms with E-state index in [-0.39, 0.29) is 36.1 Å². The van der Waals surface area contributed by atoms with Gasteiger partial charge in [-0.3, -0.25) is 19.8 Å². The maximum absolute atomic E-state index is 12.9. The second-order valence-corrected chi connectivity index (χ2v) is 9.05. The molecule has 13 heteroatoms. The Labute approximate surface area is 229 Å². The van der Waals surface area contributed by atoms with Crippen LogP contribution in [0.4, 0.5) is 10.5 Å². The summed E-state index contributed by atoms with van der Waals surface area (Å²) in [6.07, 6.45) is 1.51. The number of hydrogen-bond donors (Lipinski definition) is 1. The average Bonchev–Trinajstić information content (AvgIpc) is 3.48. The minimum Gasteiger partial charge on any atom is -0.493 e. The highest BCUT2D eigenvalue weighted by Crippen LogP contribution is 2.35. The van der Waals surface area contributed by atoms with E-state index in [4.69, 9.17) is 13.9 Å². The lowest BCUT2D eigenvalue weighted by Gasteiger charge is -2.14. The molecule has 1 aliphatic heterocycles. The van der Waals surface area contributed by atoms with E-state index in [1.807, 2.05) is 0 Å². The standard InChI is InChI=1S/C25H20IN3O9/c1-35-21-11-15(9-18(26)22(21)37-13-14-3-5-16(6-4-14)29(33)34)10-19-23(30)28(25(32)27-19)12-17-7-8-20(38-17)24(31)36-2/h3-11H,12-13H2,1-2H3,(H,27,32)/b19-10-. The van der Waals surface area contributed by atoms with Gasteiger partial charge >= 0.3 is 12.0 Å². The Kier molecular flexibility index (Phi) is 7.95. The zero-order chi connectivity index (χ0) is 27.4. The summed E-state index contributed by atoms with van der Waals surface area (Å²) >= 11 is 2.06. The zero-order valence-electron chi connectivity index (χ0n) is 20.1. The second kappa shape index (κ2) is 11.3. The number of urea groups is 1. The molecule has 1 aromatic heterocycles. The van der Waals surface area contributed by atoms with Crippen LogP contribution in [-0.2, 0) is 22.7 Å². The minimum atomic E-state index is -0.669. The molecule has 2 heterocycles. The third kappa shape index (κ3) is 5.77. The number of amides is 3. The Balaban J connectivity index is 1.49. The number of ether oxygens (including phenoxy) is 3. The van der Waals surface area contributed by atoms with Crippen LogP contribution in [0, 0.1) is 13.7 Å². The van der Waals surface area contributed by atoms with Gasteiger partial charge in [-0.25, -0.2) is 9.59 Å². The van der Waals surface area contributed by atoms with Gasteiger partial charge in [0.05, 0.1) is 29.3 Å². The number of furan rings is 1. The molecular weight excluding hydrogens is 613 g/mol. The first-order chi connectivity index (χ1) is 18.2. The van der Waals surface area contributed by atoms with Crippen molar-refractivity contribution in [1.29, 1.82) is 0 Å². The van der Waals surface area contributed by atoms with E-state index < -0.39 is 22.8 Å². The van der Waals surface area contributed by atoms with Gasteiger partial charge in [-0.2, -0.15) is 0 Å². The number of rotatable bonds is 9. The van der Waals surface area contributed by atoms with Crippen molar-refractivity contribution in [2.75, 3.05) is 14.2 Å². The van der Waals surface area contributed by atoms with E-state index in [1.165, 1.54) is 44.6 Å². The molecule has 1 aliphatic rings. The molecule has 1 N–H and O–H groups in total. The fraction of sp³-hybridized carbons (Fsp3) is 0.160. The molecular formula is C25H20IN3O9. The van der Waals surface area contributed by atoms with Crippen molar-refractivity contribution in [3.63, 3.8) is 0 Å². The molecule has 0 aliphatic carbocycles. The number of methoxy groups -OCH3 is 2. The lowest BCUT2D eigenvalue weighted by Crippen LogP contribution is -2.30. The number of benzene rings is 2. The van der Waals surface area contributed by atoms with Crippen LogP contribution in [0.15, 0.2) is 58.6 Å². The largest absolute Gasteiger partial charge is 0.493 e. The number of hydrogen-bond acceptors (Lipinski definition) is 9. The molecule has 1 saturated heterocycles. The lowest BCUT2D eigenvalue weighted by molar-refractivity contribution is -0.384. The van der Waals surface area contributed by atoms with E-state index in [9.17, 15) is 24.5 Å². The topological polar surface area (TPSA) is 150 Å². The highest BCUT2D eigenvalue weighted by molar-refractivity contribution is 14.1. The van der Waals surface area contributed by atoms with E-state index in [2.05, 4.69) is 32.6 Å². The maximum Gasteiger partial charge on any atom is 0.373 e. The van der Waals surface area contributed by atoms with E-state index in [0.717, 1.165) is 10.5 Å². The Morgan fingerprint density at radius 3 is 2.55 bits per heavy atom. The molecule has 2 aromatic carbocycles. The molecule has 0 bridgehead atoms. The molecule has 0 atom stereocenters. The van der Waals surface area contributed by atoms with Crippen LogP contribution in [0.25, 0.3) is 6.08 Å². The first-order valence-corrected chi connectivity index (χ1v) is 12.0. The lowest BCUT2D eigenvalue weighted by atomic mass is 10.1. The predicted molar refractivity (Wildman–Crippen MR) is 140 cm³/mol. The minimum absolute atomic E-state index is 0.0134. The number of non-ortho nitro benzene ring substituents is 1. The van der Waals surface area contributed by atoms with E-state index in [1.54, 1.807) is 24.3 Å². The van der Waals surface area contributed by atoms with Crippen LogP contribution < -0.4 is 14.8 Å². The Hall–Kier alpha value is -4.40. The Morgan fingerprint density at radius 1 is 1.16 bits per heavy atom. The van der Waals surface area contributed by atoms with Crippen LogP contribution in [0.3, 0.4) is 0 Å². The van der Waals surface area contributed by atoms with Crippen LogP contribution in [0.1, 0.15) is 27.4 Å². The average molecular weight is 633 g/mol. The van der Waals surface area contributed by atoms with Gasteiger partial charge in [-0.15, -0.1) is 0 Å². The highest BCUT2D eigenvalue weighted by Gasteiger charge is 2.34. The predicted octanol–water partition coefficient (Wildman–Crippen LogP) is 4.26. The summed E-state index contributed by atoms with van der Waals surface area (Å²) in [4.78, 5) is 48.2. The van der Waals surface area contributed by atoms with Crippen molar-refractivity contribution in [2.24, 2.45) is 0 Å². The molecule has 4 rings (SSSR count). The van der Waals surface area contributed by atoms with Gasteiger partial charge in [0.15, 0.2) is 11.5 Å². The maximum atomic E-state index is 12.9. The van der Waals surface area contributed by atoms with Crippen molar-refractivity contribution < 1.29 is 37.9 Å². The second-order valence-electron chi connectivity index (χ2n) is 7.88. The number of nitrogens with one attached hydrogen (secondary N) is 1. The van der Waals surface area contributed by atoms with Gasteiger partial charge in [-0.05, 0) is 76.2 Å². The van der Waals surface area contributed by atoms with Gasteiger partial charge in [0, 0.05) is 12.1 Å². The first-order valence-electron chi connectivity index (χ1n) is 11.0. The Bertz CT molecular complexity index is 1450. The number of nitrogens with zero attached hydrogens (tertiary/aromatic N) is 2. The van der Waals surface area contributed by atoms with Crippen molar-refractivity contribution in [1.82, 2.24) is 10.2 Å². The molecule has 3 aromatic rings. The fourth-order valence-electron chi connectivity index (χ4n) is 3.54. The van der Waals surface area contributed by atoms with E-state index >= 15 is 0 Å². The summed E-state index contributed by atoms with van der Waals surface area (Å²) in [5, 5.41) is 13.4. The third-order valence-corrected chi connectivity index (χ3v) is 6.22. The number of carbonyl (C=O) groups is 3.